The molecule has 2 nitrogen and oxygen atoms in total. The first-order chi connectivity index (χ1) is 9.79. The summed E-state index contributed by atoms with van der Waals surface area (Å²) >= 11 is 6.21. The Hall–Kier alpha value is -1.38. The van der Waals surface area contributed by atoms with Gasteiger partial charge in [-0.25, -0.2) is 0 Å². The van der Waals surface area contributed by atoms with Crippen LogP contribution in [0, 0.1) is 5.92 Å². The zero-order valence-corrected chi connectivity index (χ0v) is 12.3. The summed E-state index contributed by atoms with van der Waals surface area (Å²) in [6.07, 6.45) is 5.77. The molecule has 3 heteroatoms. The van der Waals surface area contributed by atoms with Crippen molar-refractivity contribution in [2.24, 2.45) is 5.92 Å². The van der Waals surface area contributed by atoms with Crippen molar-refractivity contribution in [1.29, 1.82) is 0 Å². The van der Waals surface area contributed by atoms with E-state index in [-0.39, 0.29) is 0 Å². The summed E-state index contributed by atoms with van der Waals surface area (Å²) < 4.78 is 0. The summed E-state index contributed by atoms with van der Waals surface area (Å²) in [6.45, 7) is 0. The zero-order chi connectivity index (χ0) is 13.9. The molecule has 0 saturated heterocycles. The first-order valence-electron chi connectivity index (χ1n) is 7.10. The Morgan fingerprint density at radius 2 is 2.10 bits per heavy atom. The molecule has 0 aliphatic heterocycles. The third-order valence-corrected chi connectivity index (χ3v) is 4.59. The molecule has 1 heterocycles. The van der Waals surface area contributed by atoms with Gasteiger partial charge in [-0.2, -0.15) is 0 Å². The molecule has 1 aromatic heterocycles. The number of halogens is 1. The normalized spacial score (nSPS) is 22.5. The van der Waals surface area contributed by atoms with Crippen LogP contribution < -0.4 is 5.32 Å². The topological polar surface area (TPSA) is 24.9 Å². The van der Waals surface area contributed by atoms with Gasteiger partial charge >= 0.3 is 0 Å². The van der Waals surface area contributed by atoms with Crippen LogP contribution >= 0.6 is 11.6 Å². The maximum Gasteiger partial charge on any atom is 0.0621 e. The zero-order valence-electron chi connectivity index (χ0n) is 11.6. The second-order valence-electron chi connectivity index (χ2n) is 5.48. The predicted octanol–water partition coefficient (Wildman–Crippen LogP) is 3.67. The molecule has 0 spiro atoms. The molecule has 1 aliphatic carbocycles. The SMILES string of the molecule is CNC(Cc1ccncc1Cl)C1CC1c1ccccc1. The van der Waals surface area contributed by atoms with Gasteiger partial charge in [0, 0.05) is 18.4 Å². The van der Waals surface area contributed by atoms with Crippen molar-refractivity contribution in [1.82, 2.24) is 10.3 Å². The van der Waals surface area contributed by atoms with Gasteiger partial charge in [-0.1, -0.05) is 41.9 Å². The lowest BCUT2D eigenvalue weighted by Crippen LogP contribution is -2.30. The minimum Gasteiger partial charge on any atom is -0.316 e. The molecule has 0 bridgehead atoms. The van der Waals surface area contributed by atoms with Crippen LogP contribution in [0.25, 0.3) is 0 Å². The van der Waals surface area contributed by atoms with Gasteiger partial charge in [-0.15, -0.1) is 0 Å². The number of benzene rings is 1. The molecule has 1 N–H and O–H groups in total. The van der Waals surface area contributed by atoms with Crippen LogP contribution in [0.3, 0.4) is 0 Å². The Morgan fingerprint density at radius 1 is 1.30 bits per heavy atom. The van der Waals surface area contributed by atoms with Crippen molar-refractivity contribution in [2.75, 3.05) is 7.05 Å². The molecule has 3 atom stereocenters. The highest BCUT2D eigenvalue weighted by Crippen LogP contribution is 2.50. The Bertz CT molecular complexity index is 570. The van der Waals surface area contributed by atoms with Crippen LogP contribution in [0.4, 0.5) is 0 Å². The lowest BCUT2D eigenvalue weighted by molar-refractivity contribution is 0.491. The van der Waals surface area contributed by atoms with E-state index in [0.717, 1.165) is 11.4 Å². The van der Waals surface area contributed by atoms with E-state index in [9.17, 15) is 0 Å². The minimum absolute atomic E-state index is 0.472. The van der Waals surface area contributed by atoms with Gasteiger partial charge in [-0.3, -0.25) is 4.98 Å². The molecule has 1 saturated carbocycles. The number of pyridine rings is 1. The molecule has 0 amide bonds. The summed E-state index contributed by atoms with van der Waals surface area (Å²) in [5, 5.41) is 4.23. The van der Waals surface area contributed by atoms with Crippen molar-refractivity contribution in [2.45, 2.75) is 24.8 Å². The molecule has 3 unspecified atom stereocenters. The van der Waals surface area contributed by atoms with Crippen LogP contribution in [0.5, 0.6) is 0 Å². The monoisotopic (exact) mass is 286 g/mol. The molecule has 2 aromatic rings. The predicted molar refractivity (Wildman–Crippen MR) is 83.1 cm³/mol. The first-order valence-corrected chi connectivity index (χ1v) is 7.48. The fourth-order valence-electron chi connectivity index (χ4n) is 3.02. The van der Waals surface area contributed by atoms with Crippen molar-refractivity contribution < 1.29 is 0 Å². The molecular weight excluding hydrogens is 268 g/mol. The van der Waals surface area contributed by atoms with Crippen molar-refractivity contribution in [3.8, 4) is 0 Å². The summed E-state index contributed by atoms with van der Waals surface area (Å²) in [5.41, 5.74) is 2.64. The number of hydrogen-bond donors (Lipinski definition) is 1. The second-order valence-corrected chi connectivity index (χ2v) is 5.89. The molecule has 104 valence electrons. The quantitative estimate of drug-likeness (QED) is 0.907. The number of likely N-dealkylation sites (N-methyl/N-ethyl adjacent to an activating group) is 1. The number of aromatic nitrogens is 1. The second kappa shape index (κ2) is 5.94. The van der Waals surface area contributed by atoms with E-state index in [1.165, 1.54) is 17.5 Å². The third-order valence-electron chi connectivity index (χ3n) is 4.25. The van der Waals surface area contributed by atoms with E-state index in [1.54, 1.807) is 6.20 Å². The number of hydrogen-bond acceptors (Lipinski definition) is 2. The highest BCUT2D eigenvalue weighted by Gasteiger charge is 2.43. The third kappa shape index (κ3) is 2.87. The van der Waals surface area contributed by atoms with Gasteiger partial charge in [-0.05, 0) is 48.9 Å². The van der Waals surface area contributed by atoms with Gasteiger partial charge in [0.15, 0.2) is 0 Å². The van der Waals surface area contributed by atoms with Gasteiger partial charge in [0.1, 0.15) is 0 Å². The molecule has 20 heavy (non-hydrogen) atoms. The Balaban J connectivity index is 1.69. The Kier molecular flexibility index (Phi) is 4.04. The van der Waals surface area contributed by atoms with Crippen LogP contribution in [0.15, 0.2) is 48.8 Å². The lowest BCUT2D eigenvalue weighted by atomic mass is 9.99. The van der Waals surface area contributed by atoms with E-state index < -0.39 is 0 Å². The summed E-state index contributed by atoms with van der Waals surface area (Å²) in [5.74, 6) is 1.39. The van der Waals surface area contributed by atoms with Crippen LogP contribution in [0.2, 0.25) is 5.02 Å². The molecular formula is C17H19ClN2. The Morgan fingerprint density at radius 3 is 2.80 bits per heavy atom. The summed E-state index contributed by atoms with van der Waals surface area (Å²) in [6, 6.07) is 13.3. The standard InChI is InChI=1S/C17H19ClN2/c1-19-17(9-13-7-8-20-11-16(13)18)15-10-14(15)12-5-3-2-4-6-12/h2-8,11,14-15,17,19H,9-10H2,1H3. The van der Waals surface area contributed by atoms with Gasteiger partial charge < -0.3 is 5.32 Å². The van der Waals surface area contributed by atoms with Gasteiger partial charge in [0.2, 0.25) is 0 Å². The van der Waals surface area contributed by atoms with Crippen LogP contribution in [0.1, 0.15) is 23.5 Å². The molecule has 1 aliphatic rings. The maximum absolute atomic E-state index is 6.21. The van der Waals surface area contributed by atoms with Crippen LogP contribution in [-0.2, 0) is 6.42 Å². The van der Waals surface area contributed by atoms with Crippen molar-refractivity contribution >= 4 is 11.6 Å². The van der Waals surface area contributed by atoms with Gasteiger partial charge in [0.05, 0.1) is 5.02 Å². The minimum atomic E-state index is 0.472. The molecule has 0 radical (unpaired) electrons. The first kappa shape index (κ1) is 13.6. The summed E-state index contributed by atoms with van der Waals surface area (Å²) in [4.78, 5) is 4.05. The van der Waals surface area contributed by atoms with Crippen molar-refractivity contribution in [3.63, 3.8) is 0 Å². The lowest BCUT2D eigenvalue weighted by Gasteiger charge is -2.17. The average Bonchev–Trinajstić information content (AvgIpc) is 3.28. The Labute approximate surface area is 125 Å². The number of nitrogens with zero attached hydrogens (tertiary/aromatic N) is 1. The fourth-order valence-corrected chi connectivity index (χ4v) is 3.21. The van der Waals surface area contributed by atoms with E-state index >= 15 is 0 Å². The van der Waals surface area contributed by atoms with E-state index in [1.807, 2.05) is 19.3 Å². The largest absolute Gasteiger partial charge is 0.316 e. The highest BCUT2D eigenvalue weighted by atomic mass is 35.5. The molecule has 1 aromatic carbocycles. The van der Waals surface area contributed by atoms with Crippen molar-refractivity contribution in [3.05, 3.63) is 64.9 Å². The highest BCUT2D eigenvalue weighted by molar-refractivity contribution is 6.31. The van der Waals surface area contributed by atoms with E-state index in [4.69, 9.17) is 11.6 Å². The molecule has 3 rings (SSSR count). The average molecular weight is 287 g/mol. The van der Waals surface area contributed by atoms with Gasteiger partial charge in [0.25, 0.3) is 0 Å². The maximum atomic E-state index is 6.21. The number of nitrogens with one attached hydrogen (secondary N) is 1. The van der Waals surface area contributed by atoms with E-state index in [2.05, 4.69) is 40.6 Å². The van der Waals surface area contributed by atoms with E-state index in [0.29, 0.717) is 17.9 Å². The fraction of sp³-hybridized carbons (Fsp3) is 0.353. The summed E-state index contributed by atoms with van der Waals surface area (Å²) in [7, 11) is 2.04. The number of rotatable bonds is 5. The molecule has 1 fully saturated rings. The van der Waals surface area contributed by atoms with Crippen LogP contribution in [-0.4, -0.2) is 18.1 Å². The smallest absolute Gasteiger partial charge is 0.0621 e.